The lowest BCUT2D eigenvalue weighted by Crippen LogP contribution is -2.78. The number of carbonyl (C=O) groups is 2. The molecule has 1 aromatic carbocycles. The molecule has 4 aliphatic carbocycles. The Morgan fingerprint density at radius 3 is 1.72 bits per heavy atom. The van der Waals surface area contributed by atoms with Crippen molar-refractivity contribution in [3.05, 3.63) is 53.6 Å². The Bertz CT molecular complexity index is 2630. The molecule has 0 aromatic heterocycles. The van der Waals surface area contributed by atoms with Gasteiger partial charge in [0.2, 0.25) is 0 Å². The van der Waals surface area contributed by atoms with E-state index in [1.54, 1.807) is 34.1 Å². The number of aliphatic hydroxyl groups is 10. The van der Waals surface area contributed by atoms with Gasteiger partial charge in [0.1, 0.15) is 90.1 Å². The summed E-state index contributed by atoms with van der Waals surface area (Å²) in [6, 6.07) is 9.23. The third-order valence-corrected chi connectivity index (χ3v) is 21.6. The zero-order valence-corrected chi connectivity index (χ0v) is 52.0. The highest BCUT2D eigenvalue weighted by Crippen LogP contribution is 2.71. The molecule has 10 rings (SSSR count). The minimum Gasteiger partial charge on any atom is -0.458 e. The van der Waals surface area contributed by atoms with E-state index in [4.69, 9.17) is 66.3 Å². The lowest BCUT2D eigenvalue weighted by Gasteiger charge is -2.67. The van der Waals surface area contributed by atoms with Gasteiger partial charge >= 0.3 is 5.97 Å². The van der Waals surface area contributed by atoms with Crippen molar-refractivity contribution in [3.8, 4) is 0 Å². The number of methoxy groups -OCH3 is 3. The Hall–Kier alpha value is -3.08. The number of fused-ring (bicyclic) bond motifs is 5. The molecule has 10 N–H and O–H groups in total. The van der Waals surface area contributed by atoms with E-state index in [0.717, 1.165) is 11.1 Å². The van der Waals surface area contributed by atoms with Crippen molar-refractivity contribution in [2.75, 3.05) is 34.5 Å². The Labute approximate surface area is 518 Å². The van der Waals surface area contributed by atoms with Crippen molar-refractivity contribution in [3.63, 3.8) is 0 Å². The van der Waals surface area contributed by atoms with E-state index >= 15 is 0 Å². The van der Waals surface area contributed by atoms with Crippen molar-refractivity contribution < 1.29 is 127 Å². The zero-order chi connectivity index (χ0) is 64.3. The molecule has 30 atom stereocenters. The Kier molecular flexibility index (Phi) is 21.1. The zero-order valence-electron chi connectivity index (χ0n) is 52.0. The van der Waals surface area contributed by atoms with Gasteiger partial charge in [-0.25, -0.2) is 4.79 Å². The van der Waals surface area contributed by atoms with Gasteiger partial charge in [0.15, 0.2) is 37.2 Å². The predicted molar refractivity (Wildman–Crippen MR) is 306 cm³/mol. The van der Waals surface area contributed by atoms with Crippen LogP contribution >= 0.6 is 0 Å². The second-order valence-corrected chi connectivity index (χ2v) is 26.4. The molecule has 5 heterocycles. The van der Waals surface area contributed by atoms with Crippen LogP contribution in [0.3, 0.4) is 0 Å². The summed E-state index contributed by atoms with van der Waals surface area (Å²) in [6.07, 6.45) is -18.2. The number of ketones is 1. The summed E-state index contributed by atoms with van der Waals surface area (Å²) in [4.78, 5) is 27.0. The number of aliphatic hydroxyl groups excluding tert-OH is 7. The Morgan fingerprint density at radius 2 is 1.17 bits per heavy atom. The van der Waals surface area contributed by atoms with Crippen LogP contribution in [-0.2, 0) is 75.9 Å². The summed E-state index contributed by atoms with van der Waals surface area (Å²) in [6.45, 7) is 9.11. The van der Waals surface area contributed by atoms with Crippen molar-refractivity contribution in [2.45, 2.75) is 270 Å². The first-order valence-electron chi connectivity index (χ1n) is 31.3. The molecule has 5 saturated heterocycles. The topological polar surface area (TPSA) is 366 Å². The van der Waals surface area contributed by atoms with Crippen molar-refractivity contribution in [1.82, 2.24) is 0 Å². The van der Waals surface area contributed by atoms with E-state index < -0.39 is 200 Å². The van der Waals surface area contributed by atoms with Gasteiger partial charge in [-0.2, -0.15) is 0 Å². The average molecular weight is 1270 g/mol. The van der Waals surface area contributed by atoms with E-state index in [1.165, 1.54) is 20.1 Å². The first kappa shape index (κ1) is 68.8. The lowest BCUT2D eigenvalue weighted by atomic mass is 9.42. The molecule has 8 fully saturated rings. The Balaban J connectivity index is 0.727. The molecule has 0 bridgehead atoms. The first-order valence-corrected chi connectivity index (χ1v) is 31.3. The minimum absolute atomic E-state index is 0.0511. The van der Waals surface area contributed by atoms with E-state index in [-0.39, 0.29) is 44.6 Å². The van der Waals surface area contributed by atoms with Crippen LogP contribution in [0.5, 0.6) is 0 Å². The standard InChI is InChI=1S/C63H94O26/c1-30-54(87-46-25-38(77-8)55(31(2)81-46)88-47-26-39(78-9)56(32(3)82-47)89-58-53(72)51(70)49(68)41(85-58)29-79-57-52(71)50(69)48(67)40(28-64)84-57)37(76-7)24-45(80-30)83-36-18-19-59(5)35(23-36)17-20-62(74)42(59)27-43(86-44(66)16-15-34-13-11-10-12-14-34)60(6)61(73,33(4)65)21-22-63(60,62)75/h10-17,30-32,36-43,45-58,64,67-75H,18-29H2,1-9H3/b16-15-/t30-,31-,32-,36+,37+,38+,39-,40-,41-,42-,43-,45+,46+,47+,48-,49-,50+,51+,52-,53-,54-,55-,56-,57-,58+,59+,60-,61+,62+,63-/m1/s1. The number of ether oxygens (including phenoxy) is 14. The van der Waals surface area contributed by atoms with Crippen LogP contribution in [0.25, 0.3) is 6.08 Å². The van der Waals surface area contributed by atoms with Crippen LogP contribution in [0.4, 0.5) is 0 Å². The molecule has 5 aliphatic heterocycles. The summed E-state index contributed by atoms with van der Waals surface area (Å²) in [5.41, 5.74) is -6.47. The molecular formula is C63H94O26. The molecule has 9 aliphatic rings. The summed E-state index contributed by atoms with van der Waals surface area (Å²) in [7, 11) is 4.63. The average Bonchev–Trinajstić information content (AvgIpc) is 1.60. The number of carbonyl (C=O) groups excluding carboxylic acids is 2. The normalized spacial score (nSPS) is 49.3. The third kappa shape index (κ3) is 12.6. The second-order valence-electron chi connectivity index (χ2n) is 26.4. The van der Waals surface area contributed by atoms with E-state index in [9.17, 15) is 60.7 Å². The molecule has 0 unspecified atom stereocenters. The van der Waals surface area contributed by atoms with Gasteiger partial charge in [0.05, 0.1) is 61.4 Å². The lowest BCUT2D eigenvalue weighted by molar-refractivity contribution is -0.362. The fraction of sp³-hybridized carbons (Fsp3) is 0.810. The molecule has 26 heteroatoms. The molecule has 0 spiro atoms. The smallest absolute Gasteiger partial charge is 0.331 e. The van der Waals surface area contributed by atoms with Crippen LogP contribution in [0.1, 0.15) is 111 Å². The van der Waals surface area contributed by atoms with Crippen LogP contribution < -0.4 is 0 Å². The maximum absolute atomic E-state index is 13.7. The number of rotatable bonds is 19. The highest BCUT2D eigenvalue weighted by atomic mass is 16.8. The number of hydrogen-bond donors (Lipinski definition) is 10. The van der Waals surface area contributed by atoms with Gasteiger partial charge in [-0.05, 0) is 96.6 Å². The highest BCUT2D eigenvalue weighted by molar-refractivity contribution is 5.89. The molecule has 26 nitrogen and oxygen atoms in total. The molecule has 1 aromatic rings. The number of esters is 1. The van der Waals surface area contributed by atoms with Crippen LogP contribution in [0.2, 0.25) is 0 Å². The van der Waals surface area contributed by atoms with Crippen molar-refractivity contribution in [2.24, 2.45) is 16.7 Å². The van der Waals surface area contributed by atoms with Crippen molar-refractivity contribution >= 4 is 17.8 Å². The largest absolute Gasteiger partial charge is 0.458 e. The number of Topliss-reactive ketones (excluding diaryl/α,β-unsaturated/α-hetero) is 1. The number of benzene rings is 1. The maximum Gasteiger partial charge on any atom is 0.331 e. The third-order valence-electron chi connectivity index (χ3n) is 21.6. The highest BCUT2D eigenvalue weighted by Gasteiger charge is 2.81. The summed E-state index contributed by atoms with van der Waals surface area (Å²) < 4.78 is 86.6. The fourth-order valence-electron chi connectivity index (χ4n) is 16.2. The predicted octanol–water partition coefficient (Wildman–Crippen LogP) is 0.349. The molecular weight excluding hydrogens is 1170 g/mol. The maximum atomic E-state index is 13.7. The van der Waals surface area contributed by atoms with Crippen LogP contribution in [0, 0.1) is 16.7 Å². The van der Waals surface area contributed by atoms with Gasteiger partial charge in [-0.1, -0.05) is 48.9 Å². The molecule has 3 saturated carbocycles. The SMILES string of the molecule is CO[C@H]1C[C@H](O[C@H]2CC[C@@]3(C)C(=CC[C@]4(O)[C@@H]3C[C@@H](OC(=O)/C=C\c3ccccc3)[C@@]3(C)[C@]4(O)CC[C@]3(O)C(C)=O)C2)O[C@H](C)[C@H]1O[C@H]1C[C@H](OC)[C@H](O[C@H]2C[C@@H](OC)[C@H](O[C@@H]3O[C@H](CO[C@@H]4O[C@H](CO)[C@@H](O)[C@H](O)[C@H]4O)[C@@H](O)[C@H](O)[C@H]3O)[C@@H](C)O2)[C@@H](C)O1. The van der Waals surface area contributed by atoms with Gasteiger partial charge in [-0.3, -0.25) is 4.79 Å². The van der Waals surface area contributed by atoms with E-state index in [2.05, 4.69) is 6.92 Å². The van der Waals surface area contributed by atoms with Gasteiger partial charge in [-0.15, -0.1) is 0 Å². The van der Waals surface area contributed by atoms with Crippen LogP contribution in [0.15, 0.2) is 48.1 Å². The Morgan fingerprint density at radius 1 is 0.640 bits per heavy atom. The van der Waals surface area contributed by atoms with E-state index in [1.807, 2.05) is 50.3 Å². The number of hydrogen-bond acceptors (Lipinski definition) is 26. The quantitative estimate of drug-likeness (QED) is 0.0507. The summed E-state index contributed by atoms with van der Waals surface area (Å²) in [5, 5.41) is 111. The summed E-state index contributed by atoms with van der Waals surface area (Å²) >= 11 is 0. The molecule has 0 amide bonds. The van der Waals surface area contributed by atoms with Gasteiger partial charge < -0.3 is 117 Å². The van der Waals surface area contributed by atoms with Gasteiger partial charge in [0.25, 0.3) is 0 Å². The van der Waals surface area contributed by atoms with Gasteiger partial charge in [0, 0.05) is 52.6 Å². The molecule has 0 radical (unpaired) electrons. The first-order chi connectivity index (χ1) is 42.2. The monoisotopic (exact) mass is 1270 g/mol. The minimum atomic E-state index is -2.07. The molecule has 89 heavy (non-hydrogen) atoms. The summed E-state index contributed by atoms with van der Waals surface area (Å²) in [5.74, 6) is -1.89. The molecule has 502 valence electrons. The van der Waals surface area contributed by atoms with E-state index in [0.29, 0.717) is 25.7 Å². The fourth-order valence-corrected chi connectivity index (χ4v) is 16.2. The van der Waals surface area contributed by atoms with Crippen molar-refractivity contribution in [1.29, 1.82) is 0 Å². The van der Waals surface area contributed by atoms with Crippen LogP contribution in [-0.4, -0.2) is 262 Å². The second kappa shape index (κ2) is 27.3.